The Bertz CT molecular complexity index is 1780. The third-order valence-corrected chi connectivity index (χ3v) is 10.0. The highest BCUT2D eigenvalue weighted by molar-refractivity contribution is 5.76. The first kappa shape index (κ1) is 36.5. The van der Waals surface area contributed by atoms with Crippen molar-refractivity contribution in [2.75, 3.05) is 19.6 Å². The van der Waals surface area contributed by atoms with Crippen molar-refractivity contribution < 1.29 is 29.4 Å². The van der Waals surface area contributed by atoms with E-state index in [1.807, 2.05) is 77.4 Å². The van der Waals surface area contributed by atoms with Crippen LogP contribution in [0.3, 0.4) is 0 Å². The minimum absolute atomic E-state index is 0.0124. The highest BCUT2D eigenvalue weighted by Crippen LogP contribution is 2.38. The number of hydroxylamine groups is 1. The van der Waals surface area contributed by atoms with Gasteiger partial charge in [0, 0.05) is 57.0 Å². The van der Waals surface area contributed by atoms with Crippen molar-refractivity contribution in [3.8, 4) is 0 Å². The van der Waals surface area contributed by atoms with Gasteiger partial charge in [0.25, 0.3) is 0 Å². The molecule has 2 amide bonds. The number of carbonyl (C=O) groups excluding carboxylic acids is 2. The number of aliphatic hydroxyl groups is 1. The largest absolute Gasteiger partial charge is 0.392 e. The summed E-state index contributed by atoms with van der Waals surface area (Å²) in [5.74, 6) is -0.399. The molecule has 0 unspecified atom stereocenters. The Labute approximate surface area is 297 Å². The fraction of sp³-hybridized carbons (Fsp3) is 0.462. The summed E-state index contributed by atoms with van der Waals surface area (Å²) >= 11 is 0. The van der Waals surface area contributed by atoms with Gasteiger partial charge < -0.3 is 29.8 Å². The number of nitrogens with zero attached hydrogens (tertiary/aromatic N) is 2. The lowest BCUT2D eigenvalue weighted by Crippen LogP contribution is -2.43. The molecule has 12 nitrogen and oxygen atoms in total. The summed E-state index contributed by atoms with van der Waals surface area (Å²) < 4.78 is 15.1. The van der Waals surface area contributed by atoms with Crippen LogP contribution in [-0.4, -0.2) is 62.3 Å². The molecule has 1 aromatic heterocycles. The summed E-state index contributed by atoms with van der Waals surface area (Å²) in [6.07, 6.45) is 5.43. The molecule has 0 radical (unpaired) electrons. The van der Waals surface area contributed by atoms with E-state index in [0.717, 1.165) is 85.0 Å². The van der Waals surface area contributed by atoms with Crippen LogP contribution in [0.5, 0.6) is 0 Å². The molecule has 0 saturated carbocycles. The minimum Gasteiger partial charge on any atom is -0.392 e. The van der Waals surface area contributed by atoms with Crippen LogP contribution in [0.4, 0.5) is 0 Å². The van der Waals surface area contributed by atoms with Crippen molar-refractivity contribution in [1.29, 1.82) is 0 Å². The third kappa shape index (κ3) is 9.72. The first-order valence-corrected chi connectivity index (χ1v) is 18.1. The maximum Gasteiger partial charge on any atom is 0.326 e. The molecule has 2 saturated heterocycles. The van der Waals surface area contributed by atoms with Gasteiger partial charge in [-0.3, -0.25) is 19.4 Å². The van der Waals surface area contributed by atoms with E-state index in [9.17, 15) is 19.5 Å². The average Bonchev–Trinajstić information content (AvgIpc) is 3.51. The van der Waals surface area contributed by atoms with Gasteiger partial charge >= 0.3 is 5.69 Å². The number of hydrogen-bond donors (Lipinski definition) is 5. The summed E-state index contributed by atoms with van der Waals surface area (Å²) in [6.45, 7) is 2.89. The van der Waals surface area contributed by atoms with Crippen molar-refractivity contribution in [1.82, 2.24) is 25.2 Å². The number of ether oxygens (including phenoxy) is 2. The van der Waals surface area contributed by atoms with Gasteiger partial charge in [0.05, 0.1) is 29.8 Å². The lowest BCUT2D eigenvalue weighted by molar-refractivity contribution is -0.253. The molecule has 5 N–H and O–H groups in total. The molecule has 4 aromatic rings. The summed E-state index contributed by atoms with van der Waals surface area (Å²) in [6, 6.07) is 23.9. The van der Waals surface area contributed by atoms with Crippen LogP contribution in [0.15, 0.2) is 77.6 Å². The van der Waals surface area contributed by atoms with Crippen LogP contribution in [0.2, 0.25) is 0 Å². The molecule has 12 heteroatoms. The molecule has 2 fully saturated rings. The van der Waals surface area contributed by atoms with Crippen molar-refractivity contribution in [3.63, 3.8) is 0 Å². The first-order chi connectivity index (χ1) is 24.9. The van der Waals surface area contributed by atoms with E-state index < -0.39 is 6.29 Å². The third-order valence-electron chi connectivity index (χ3n) is 10.0. The Morgan fingerprint density at radius 1 is 0.824 bits per heavy atom. The number of para-hydroxylation sites is 2. The number of hydrogen-bond acceptors (Lipinski definition) is 8. The van der Waals surface area contributed by atoms with Gasteiger partial charge in [-0.25, -0.2) is 10.3 Å². The first-order valence-electron chi connectivity index (χ1n) is 18.1. The number of fused-ring (bicyclic) bond motifs is 1. The maximum absolute atomic E-state index is 12.8. The number of imidazole rings is 1. The van der Waals surface area contributed by atoms with E-state index in [-0.39, 0.29) is 48.8 Å². The van der Waals surface area contributed by atoms with Crippen LogP contribution in [-0.2, 0) is 32.2 Å². The Hall–Kier alpha value is -4.33. The second-order valence-electron chi connectivity index (χ2n) is 13.7. The molecular weight excluding hydrogens is 650 g/mol. The minimum atomic E-state index is -0.569. The van der Waals surface area contributed by atoms with E-state index in [1.54, 1.807) is 5.48 Å². The smallest absolute Gasteiger partial charge is 0.326 e. The molecule has 3 atom stereocenters. The van der Waals surface area contributed by atoms with Gasteiger partial charge in [0.1, 0.15) is 0 Å². The topological polar surface area (TPSA) is 158 Å². The van der Waals surface area contributed by atoms with E-state index in [1.165, 1.54) is 0 Å². The molecule has 272 valence electrons. The summed E-state index contributed by atoms with van der Waals surface area (Å²) in [5.41, 5.74) is 7.17. The van der Waals surface area contributed by atoms with Gasteiger partial charge in [0.15, 0.2) is 6.29 Å². The molecule has 6 rings (SSSR count). The number of unbranched alkanes of at least 4 members (excludes halogenated alkanes) is 3. The van der Waals surface area contributed by atoms with E-state index in [0.29, 0.717) is 25.8 Å². The highest BCUT2D eigenvalue weighted by Gasteiger charge is 2.34. The monoisotopic (exact) mass is 699 g/mol. The summed E-state index contributed by atoms with van der Waals surface area (Å²) in [5, 5.41) is 21.1. The normalized spacial score (nSPS) is 20.0. The second-order valence-corrected chi connectivity index (χ2v) is 13.7. The predicted molar refractivity (Wildman–Crippen MR) is 192 cm³/mol. The summed E-state index contributed by atoms with van der Waals surface area (Å²) in [7, 11) is 0. The lowest BCUT2D eigenvalue weighted by Gasteiger charge is -2.40. The van der Waals surface area contributed by atoms with Gasteiger partial charge in [0.2, 0.25) is 11.8 Å². The van der Waals surface area contributed by atoms with Crippen molar-refractivity contribution in [2.24, 2.45) is 0 Å². The Balaban J connectivity index is 1.04. The SMILES string of the molecule is O=C(CCCCCCC(=O)NCc1ccc([C@H]2O[C@@H](CN3CCC(n4c(=O)[nH]c5ccccc54)CC3)C[C@@H](c3ccc(CO)cc3)O2)cc1)NO. The number of benzene rings is 3. The Kier molecular flexibility index (Phi) is 12.7. The van der Waals surface area contributed by atoms with Crippen molar-refractivity contribution >= 4 is 22.8 Å². The molecule has 3 heterocycles. The number of aliphatic hydroxyl groups excluding tert-OH is 1. The number of amides is 2. The van der Waals surface area contributed by atoms with Crippen LogP contribution in [0, 0.1) is 0 Å². The number of aromatic nitrogens is 2. The van der Waals surface area contributed by atoms with Crippen LogP contribution < -0.4 is 16.5 Å². The lowest BCUT2D eigenvalue weighted by atomic mass is 9.98. The molecule has 0 spiro atoms. The van der Waals surface area contributed by atoms with E-state index in [4.69, 9.17) is 14.7 Å². The number of aromatic amines is 1. The molecule has 51 heavy (non-hydrogen) atoms. The molecule has 0 aliphatic carbocycles. The van der Waals surface area contributed by atoms with Crippen molar-refractivity contribution in [3.05, 3.63) is 106 Å². The number of rotatable bonds is 15. The number of carbonyl (C=O) groups is 2. The zero-order valence-corrected chi connectivity index (χ0v) is 29.0. The Morgan fingerprint density at radius 3 is 2.20 bits per heavy atom. The fourth-order valence-electron chi connectivity index (χ4n) is 7.18. The Morgan fingerprint density at radius 2 is 1.49 bits per heavy atom. The maximum atomic E-state index is 12.8. The predicted octanol–water partition coefficient (Wildman–Crippen LogP) is 5.17. The molecule has 2 aliphatic rings. The number of likely N-dealkylation sites (tertiary alicyclic amines) is 1. The number of nitrogens with one attached hydrogen (secondary N) is 3. The van der Waals surface area contributed by atoms with E-state index in [2.05, 4.69) is 15.2 Å². The number of H-pyrrole nitrogens is 1. The highest BCUT2D eigenvalue weighted by atomic mass is 16.7. The standard InChI is InChI=1S/C39H49N5O7/c45-26-28-13-15-29(16-14-28)35-23-32(25-43-21-19-31(20-22-43)44-34-8-6-5-7-33(34)41-39(44)48)50-38(51-35)30-17-11-27(12-18-30)24-40-36(46)9-3-1-2-4-10-37(47)42-49/h5-8,11-18,31-32,35,38,45,49H,1-4,9-10,19-26H2,(H,40,46)(H,41,48)(H,42,47)/t32-,35+,38+/m1/s1. The van der Waals surface area contributed by atoms with Crippen LogP contribution in [0.1, 0.15) is 98.5 Å². The molecule has 2 aliphatic heterocycles. The zero-order chi connectivity index (χ0) is 35.6. The quantitative estimate of drug-likeness (QED) is 0.0647. The number of piperidine rings is 1. The van der Waals surface area contributed by atoms with Crippen LogP contribution >= 0.6 is 0 Å². The van der Waals surface area contributed by atoms with E-state index >= 15 is 0 Å². The van der Waals surface area contributed by atoms with Gasteiger partial charge in [-0.1, -0.05) is 73.5 Å². The average molecular weight is 700 g/mol. The second kappa shape index (κ2) is 17.7. The summed E-state index contributed by atoms with van der Waals surface area (Å²) in [4.78, 5) is 41.7. The van der Waals surface area contributed by atoms with Gasteiger partial charge in [-0.2, -0.15) is 0 Å². The molecule has 0 bridgehead atoms. The molecular formula is C39H49N5O7. The molecule has 3 aromatic carbocycles. The van der Waals surface area contributed by atoms with Gasteiger partial charge in [-0.15, -0.1) is 0 Å². The van der Waals surface area contributed by atoms with Crippen LogP contribution in [0.25, 0.3) is 11.0 Å². The van der Waals surface area contributed by atoms with Gasteiger partial charge in [-0.05, 0) is 54.5 Å². The fourth-order valence-corrected chi connectivity index (χ4v) is 7.18. The zero-order valence-electron chi connectivity index (χ0n) is 29.0. The van der Waals surface area contributed by atoms with Crippen molar-refractivity contribution in [2.45, 2.75) is 95.5 Å².